The van der Waals surface area contributed by atoms with E-state index in [0.29, 0.717) is 17.8 Å². The van der Waals surface area contributed by atoms with Crippen molar-refractivity contribution in [2.75, 3.05) is 17.2 Å². The monoisotopic (exact) mass is 585 g/mol. The molecule has 0 unspecified atom stereocenters. The molecule has 0 radical (unpaired) electrons. The Balaban J connectivity index is 0.000000289. The highest BCUT2D eigenvalue weighted by Gasteiger charge is 2.36. The Morgan fingerprint density at radius 2 is 0.789 bits per heavy atom. The minimum Gasteiger partial charge on any atom is -0.399 e. The number of nitrogen functional groups attached to an aromatic ring is 3. The fourth-order valence-electron chi connectivity index (χ4n) is 2.37. The molecule has 0 saturated heterocycles. The van der Waals surface area contributed by atoms with Gasteiger partial charge in [-0.1, -0.05) is 11.6 Å². The third kappa shape index (κ3) is 10.5. The Morgan fingerprint density at radius 3 is 1.13 bits per heavy atom. The summed E-state index contributed by atoms with van der Waals surface area (Å²) in [6, 6.07) is 8.11. The van der Waals surface area contributed by atoms with Gasteiger partial charge in [0.05, 0.1) is 33.0 Å². The number of alkyl halides is 12. The molecule has 6 N–H and O–H groups in total. The van der Waals surface area contributed by atoms with Gasteiger partial charge in [0.25, 0.3) is 0 Å². The molecule has 0 aliphatic rings. The van der Waals surface area contributed by atoms with E-state index in [1.54, 1.807) is 0 Å². The highest BCUT2D eigenvalue weighted by molar-refractivity contribution is 6.33. The van der Waals surface area contributed by atoms with E-state index in [4.69, 9.17) is 28.8 Å². The number of hydrogen-bond donors (Lipinski definition) is 3. The normalized spacial score (nSPS) is 12.1. The summed E-state index contributed by atoms with van der Waals surface area (Å²) in [7, 11) is 0. The minimum atomic E-state index is -4.84. The summed E-state index contributed by atoms with van der Waals surface area (Å²) in [4.78, 5) is 0. The fourth-order valence-corrected chi connectivity index (χ4v) is 2.49. The van der Waals surface area contributed by atoms with Crippen molar-refractivity contribution < 1.29 is 52.7 Å². The molecule has 0 aliphatic carbocycles. The molecule has 0 saturated carbocycles. The molecule has 3 aromatic rings. The zero-order valence-corrected chi connectivity index (χ0v) is 19.2. The van der Waals surface area contributed by atoms with Crippen LogP contribution in [0.5, 0.6) is 0 Å². The molecule has 0 aliphatic heterocycles. The molecule has 210 valence electrons. The lowest BCUT2D eigenvalue weighted by Crippen LogP contribution is -2.11. The van der Waals surface area contributed by atoms with Crippen molar-refractivity contribution in [1.82, 2.24) is 0 Å². The zero-order chi connectivity index (χ0) is 29.7. The third-order valence-electron chi connectivity index (χ3n) is 4.17. The molecule has 0 fully saturated rings. The molecule has 3 rings (SSSR count). The van der Waals surface area contributed by atoms with E-state index in [9.17, 15) is 52.7 Å². The Kier molecular flexibility index (Phi) is 10.2. The van der Waals surface area contributed by atoms with Crippen LogP contribution >= 0.6 is 11.6 Å². The van der Waals surface area contributed by atoms with E-state index >= 15 is 0 Å². The standard InChI is InChI=1S/C8H5F6N.C7H5ClF3N.C7H6F3N/c9-7(10,11)4-1-5(8(12,13)14)3-6(15)2-4;8-5-2-1-4(3-6(5)12)7(9,10)11;8-7(9,10)5-1-3-6(11)4-2-5/h1-3H,15H2;1-3H,12H2;1-4H,11H2. The van der Waals surface area contributed by atoms with Crippen molar-refractivity contribution in [3.63, 3.8) is 0 Å². The zero-order valence-electron chi connectivity index (χ0n) is 18.4. The average molecular weight is 586 g/mol. The van der Waals surface area contributed by atoms with Gasteiger partial charge in [0.15, 0.2) is 0 Å². The fraction of sp³-hybridized carbons (Fsp3) is 0.182. The Hall–Kier alpha value is -3.49. The second-order valence-corrected chi connectivity index (χ2v) is 7.60. The summed E-state index contributed by atoms with van der Waals surface area (Å²) in [6.45, 7) is 0. The molecule has 16 heteroatoms. The highest BCUT2D eigenvalue weighted by Crippen LogP contribution is 2.37. The van der Waals surface area contributed by atoms with Crippen molar-refractivity contribution in [3.8, 4) is 0 Å². The molecule has 0 spiro atoms. The van der Waals surface area contributed by atoms with Gasteiger partial charge < -0.3 is 17.2 Å². The van der Waals surface area contributed by atoms with E-state index in [-0.39, 0.29) is 16.8 Å². The smallest absolute Gasteiger partial charge is 0.399 e. The Labute approximate surface area is 211 Å². The third-order valence-corrected chi connectivity index (χ3v) is 4.52. The molecule has 0 amide bonds. The predicted molar refractivity (Wildman–Crippen MR) is 118 cm³/mol. The van der Waals surface area contributed by atoms with Gasteiger partial charge in [-0.2, -0.15) is 52.7 Å². The van der Waals surface area contributed by atoms with Crippen LogP contribution in [0.25, 0.3) is 0 Å². The second kappa shape index (κ2) is 11.9. The van der Waals surface area contributed by atoms with Gasteiger partial charge in [-0.25, -0.2) is 0 Å². The van der Waals surface area contributed by atoms with E-state index in [0.717, 1.165) is 30.3 Å². The summed E-state index contributed by atoms with van der Waals surface area (Å²) < 4.78 is 144. The molecule has 3 nitrogen and oxygen atoms in total. The van der Waals surface area contributed by atoms with Crippen molar-refractivity contribution in [3.05, 3.63) is 87.9 Å². The van der Waals surface area contributed by atoms with Crippen molar-refractivity contribution >= 4 is 28.7 Å². The summed E-state index contributed by atoms with van der Waals surface area (Å²) >= 11 is 5.44. The first-order chi connectivity index (χ1) is 17.0. The molecule has 0 bridgehead atoms. The van der Waals surface area contributed by atoms with Crippen LogP contribution in [0.15, 0.2) is 60.7 Å². The minimum absolute atomic E-state index is 0.0242. The maximum absolute atomic E-state index is 12.1. The predicted octanol–water partition coefficient (Wildman–Crippen LogP) is 8.54. The van der Waals surface area contributed by atoms with Crippen LogP contribution in [0.4, 0.5) is 69.7 Å². The lowest BCUT2D eigenvalue weighted by atomic mass is 10.1. The molecule has 38 heavy (non-hydrogen) atoms. The first-order valence-corrected chi connectivity index (χ1v) is 9.99. The number of halogens is 13. The van der Waals surface area contributed by atoms with Gasteiger partial charge in [-0.3, -0.25) is 0 Å². The summed E-state index contributed by atoms with van der Waals surface area (Å²) in [5.41, 5.74) is 10.8. The lowest BCUT2D eigenvalue weighted by molar-refractivity contribution is -0.143. The molecule has 3 aromatic carbocycles. The van der Waals surface area contributed by atoms with Gasteiger partial charge in [-0.05, 0) is 60.7 Å². The maximum atomic E-state index is 12.1. The van der Waals surface area contributed by atoms with Gasteiger partial charge in [0, 0.05) is 11.4 Å². The summed E-state index contributed by atoms with van der Waals surface area (Å²) in [6.07, 6.45) is -18.3. The van der Waals surface area contributed by atoms with Crippen LogP contribution in [0.1, 0.15) is 22.3 Å². The number of rotatable bonds is 0. The lowest BCUT2D eigenvalue weighted by Gasteiger charge is -2.12. The largest absolute Gasteiger partial charge is 0.416 e. The summed E-state index contributed by atoms with van der Waals surface area (Å²) in [5, 5.41) is 0.128. The average Bonchev–Trinajstić information content (AvgIpc) is 2.74. The van der Waals surface area contributed by atoms with E-state index < -0.39 is 52.6 Å². The first kappa shape index (κ1) is 32.5. The molecular formula is C22H16ClF12N3. The quantitative estimate of drug-likeness (QED) is 0.183. The Bertz CT molecular complexity index is 1170. The highest BCUT2D eigenvalue weighted by atomic mass is 35.5. The van der Waals surface area contributed by atoms with Gasteiger partial charge in [0.2, 0.25) is 0 Å². The van der Waals surface area contributed by atoms with E-state index in [1.165, 1.54) is 12.1 Å². The molecule has 0 atom stereocenters. The summed E-state index contributed by atoms with van der Waals surface area (Å²) in [5.74, 6) is 0. The first-order valence-electron chi connectivity index (χ1n) is 9.61. The van der Waals surface area contributed by atoms with Crippen LogP contribution in [-0.2, 0) is 24.7 Å². The van der Waals surface area contributed by atoms with Gasteiger partial charge in [0.1, 0.15) is 0 Å². The molecular weight excluding hydrogens is 570 g/mol. The van der Waals surface area contributed by atoms with E-state index in [2.05, 4.69) is 0 Å². The van der Waals surface area contributed by atoms with Crippen LogP contribution in [0.2, 0.25) is 5.02 Å². The SMILES string of the molecule is Nc1cc(C(F)(F)F)cc(C(F)(F)F)c1.Nc1cc(C(F)(F)F)ccc1Cl.Nc1ccc(C(F)(F)F)cc1. The molecule has 0 aromatic heterocycles. The number of anilines is 3. The topological polar surface area (TPSA) is 78.1 Å². The molecule has 0 heterocycles. The van der Waals surface area contributed by atoms with Crippen molar-refractivity contribution in [1.29, 1.82) is 0 Å². The van der Waals surface area contributed by atoms with Gasteiger partial charge >= 0.3 is 24.7 Å². The van der Waals surface area contributed by atoms with Crippen LogP contribution in [0.3, 0.4) is 0 Å². The van der Waals surface area contributed by atoms with Crippen LogP contribution in [0, 0.1) is 0 Å². The van der Waals surface area contributed by atoms with Crippen LogP contribution in [-0.4, -0.2) is 0 Å². The van der Waals surface area contributed by atoms with Crippen LogP contribution < -0.4 is 17.2 Å². The van der Waals surface area contributed by atoms with Crippen molar-refractivity contribution in [2.24, 2.45) is 0 Å². The number of benzene rings is 3. The van der Waals surface area contributed by atoms with Gasteiger partial charge in [-0.15, -0.1) is 0 Å². The number of hydrogen-bond acceptors (Lipinski definition) is 3. The van der Waals surface area contributed by atoms with Crippen molar-refractivity contribution in [2.45, 2.75) is 24.7 Å². The number of nitrogens with two attached hydrogens (primary N) is 3. The van der Waals surface area contributed by atoms with E-state index in [1.807, 2.05) is 0 Å². The second-order valence-electron chi connectivity index (χ2n) is 7.19. The Morgan fingerprint density at radius 1 is 0.421 bits per heavy atom. The maximum Gasteiger partial charge on any atom is 0.416 e.